The van der Waals surface area contributed by atoms with Crippen LogP contribution in [0, 0.1) is 13.8 Å². The molecule has 6 heteroatoms. The Morgan fingerprint density at radius 3 is 1.42 bits per heavy atom. The van der Waals surface area contributed by atoms with Crippen LogP contribution in [0.3, 0.4) is 0 Å². The van der Waals surface area contributed by atoms with Crippen molar-refractivity contribution in [3.05, 3.63) is 35.0 Å². The van der Waals surface area contributed by atoms with Gasteiger partial charge in [0.2, 0.25) is 0 Å². The van der Waals surface area contributed by atoms with Crippen molar-refractivity contribution in [2.45, 2.75) is 65.2 Å². The van der Waals surface area contributed by atoms with Crippen LogP contribution >= 0.6 is 0 Å². The number of aromatic nitrogens is 2. The van der Waals surface area contributed by atoms with Crippen LogP contribution in [0.4, 0.5) is 0 Å². The molecule has 0 aliphatic carbocycles. The largest absolute Gasteiger partial charge is 0.379 e. The lowest BCUT2D eigenvalue weighted by molar-refractivity contribution is 0.0349. The summed E-state index contributed by atoms with van der Waals surface area (Å²) in [7, 11) is 0. The molecule has 6 nitrogen and oxygen atoms in total. The van der Waals surface area contributed by atoms with Crippen LogP contribution in [-0.4, -0.2) is 36.7 Å². The predicted molar refractivity (Wildman–Crippen MR) is 99.4 cm³/mol. The molecule has 146 valence electrons. The molecule has 0 unspecified atom stereocenters. The first-order valence-electron chi connectivity index (χ1n) is 9.24. The summed E-state index contributed by atoms with van der Waals surface area (Å²) in [6.07, 6.45) is 1.75. The number of nitrogens with zero attached hydrogens (tertiary/aromatic N) is 2. The highest BCUT2D eigenvalue weighted by Gasteiger charge is 2.26. The second kappa shape index (κ2) is 8.82. The van der Waals surface area contributed by atoms with E-state index < -0.39 is 0 Å². The maximum absolute atomic E-state index is 5.70. The molecular weight excluding hydrogens is 332 g/mol. The Labute approximate surface area is 156 Å². The summed E-state index contributed by atoms with van der Waals surface area (Å²) in [6, 6.07) is 3.97. The van der Waals surface area contributed by atoms with Gasteiger partial charge in [0.1, 0.15) is 11.5 Å². The molecule has 0 aliphatic rings. The molecule has 26 heavy (non-hydrogen) atoms. The van der Waals surface area contributed by atoms with Crippen molar-refractivity contribution in [3.8, 4) is 0 Å². The van der Waals surface area contributed by atoms with Gasteiger partial charge >= 0.3 is 0 Å². The Morgan fingerprint density at radius 1 is 0.731 bits per heavy atom. The van der Waals surface area contributed by atoms with Gasteiger partial charge in [0.05, 0.1) is 24.6 Å². The van der Waals surface area contributed by atoms with E-state index >= 15 is 0 Å². The van der Waals surface area contributed by atoms with Crippen molar-refractivity contribution in [3.63, 3.8) is 0 Å². The highest BCUT2D eigenvalue weighted by Crippen LogP contribution is 2.28. The summed E-state index contributed by atoms with van der Waals surface area (Å²) in [5.41, 5.74) is 1.65. The molecule has 2 rings (SSSR count). The minimum atomic E-state index is -0.0820. The smallest absolute Gasteiger partial charge is 0.142 e. The Kier molecular flexibility index (Phi) is 7.01. The predicted octanol–water partition coefficient (Wildman–Crippen LogP) is 4.35. The van der Waals surface area contributed by atoms with E-state index in [1.54, 1.807) is 0 Å². The molecule has 0 spiro atoms. The zero-order chi connectivity index (χ0) is 19.2. The first-order chi connectivity index (χ1) is 12.2. The maximum Gasteiger partial charge on any atom is 0.142 e. The molecule has 0 amide bonds. The Hall–Kier alpha value is -1.66. The third-order valence-corrected chi connectivity index (χ3v) is 4.70. The third-order valence-electron chi connectivity index (χ3n) is 4.70. The molecule has 0 aromatic carbocycles. The first kappa shape index (κ1) is 20.6. The zero-order valence-electron chi connectivity index (χ0n) is 16.9. The SMILES string of the molecule is Cc1cc(C(C)(C)CCOCCOCCC(C)(C)c2cc(C)no2)on1. The highest BCUT2D eigenvalue weighted by molar-refractivity contribution is 5.13. The molecule has 0 N–H and O–H groups in total. The van der Waals surface area contributed by atoms with Gasteiger partial charge in [-0.2, -0.15) is 0 Å². The number of hydrogen-bond donors (Lipinski definition) is 0. The lowest BCUT2D eigenvalue weighted by Crippen LogP contribution is -2.21. The van der Waals surface area contributed by atoms with Gasteiger partial charge in [-0.15, -0.1) is 0 Å². The van der Waals surface area contributed by atoms with Crippen LogP contribution < -0.4 is 0 Å². The van der Waals surface area contributed by atoms with Gasteiger partial charge in [-0.3, -0.25) is 0 Å². The van der Waals surface area contributed by atoms with Crippen molar-refractivity contribution < 1.29 is 18.5 Å². The van der Waals surface area contributed by atoms with Crippen molar-refractivity contribution in [2.75, 3.05) is 26.4 Å². The van der Waals surface area contributed by atoms with E-state index in [1.807, 2.05) is 26.0 Å². The summed E-state index contributed by atoms with van der Waals surface area (Å²) in [6.45, 7) is 14.9. The summed E-state index contributed by atoms with van der Waals surface area (Å²) in [5.74, 6) is 1.81. The van der Waals surface area contributed by atoms with Gasteiger partial charge in [0.15, 0.2) is 0 Å². The Bertz CT molecular complexity index is 615. The van der Waals surface area contributed by atoms with Crippen LogP contribution in [-0.2, 0) is 20.3 Å². The Balaban J connectivity index is 1.57. The maximum atomic E-state index is 5.70. The molecule has 2 heterocycles. The van der Waals surface area contributed by atoms with E-state index in [1.165, 1.54) is 0 Å². The fourth-order valence-corrected chi connectivity index (χ4v) is 2.59. The van der Waals surface area contributed by atoms with Crippen LogP contribution in [0.2, 0.25) is 0 Å². The topological polar surface area (TPSA) is 70.5 Å². The summed E-state index contributed by atoms with van der Waals surface area (Å²) >= 11 is 0. The molecule has 0 fully saturated rings. The monoisotopic (exact) mass is 364 g/mol. The normalized spacial score (nSPS) is 12.7. The Morgan fingerprint density at radius 2 is 1.12 bits per heavy atom. The fraction of sp³-hybridized carbons (Fsp3) is 0.700. The van der Waals surface area contributed by atoms with Gasteiger partial charge in [-0.05, 0) is 26.7 Å². The summed E-state index contributed by atoms with van der Waals surface area (Å²) in [5, 5.41) is 7.92. The van der Waals surface area contributed by atoms with Gasteiger partial charge in [0, 0.05) is 36.2 Å². The van der Waals surface area contributed by atoms with Gasteiger partial charge < -0.3 is 18.5 Å². The zero-order valence-corrected chi connectivity index (χ0v) is 16.9. The molecule has 0 aliphatic heterocycles. The minimum Gasteiger partial charge on any atom is -0.379 e. The van der Waals surface area contributed by atoms with Crippen LogP contribution in [0.15, 0.2) is 21.2 Å². The molecule has 0 saturated heterocycles. The first-order valence-corrected chi connectivity index (χ1v) is 9.24. The average Bonchev–Trinajstić information content (AvgIpc) is 3.19. The van der Waals surface area contributed by atoms with Gasteiger partial charge in [-0.25, -0.2) is 0 Å². The quantitative estimate of drug-likeness (QED) is 0.552. The van der Waals surface area contributed by atoms with E-state index in [2.05, 4.69) is 38.0 Å². The minimum absolute atomic E-state index is 0.0820. The van der Waals surface area contributed by atoms with Crippen LogP contribution in [0.1, 0.15) is 63.4 Å². The van der Waals surface area contributed by atoms with E-state index in [0.717, 1.165) is 35.7 Å². The van der Waals surface area contributed by atoms with Gasteiger partial charge in [-0.1, -0.05) is 38.0 Å². The van der Waals surface area contributed by atoms with Crippen molar-refractivity contribution >= 4 is 0 Å². The van der Waals surface area contributed by atoms with E-state index in [4.69, 9.17) is 18.5 Å². The van der Waals surface area contributed by atoms with Crippen molar-refractivity contribution in [2.24, 2.45) is 0 Å². The second-order valence-electron chi connectivity index (χ2n) is 8.16. The van der Waals surface area contributed by atoms with E-state index in [0.29, 0.717) is 26.4 Å². The fourth-order valence-electron chi connectivity index (χ4n) is 2.59. The number of rotatable bonds is 11. The van der Waals surface area contributed by atoms with Crippen molar-refractivity contribution in [1.29, 1.82) is 0 Å². The molecular formula is C20H32N2O4. The van der Waals surface area contributed by atoms with Crippen molar-refractivity contribution in [1.82, 2.24) is 10.3 Å². The third kappa shape index (κ3) is 5.95. The molecule has 2 aromatic rings. The average molecular weight is 364 g/mol. The highest BCUT2D eigenvalue weighted by atomic mass is 16.5. The van der Waals surface area contributed by atoms with Gasteiger partial charge in [0.25, 0.3) is 0 Å². The lowest BCUT2D eigenvalue weighted by Gasteiger charge is -2.21. The molecule has 0 atom stereocenters. The molecule has 2 aromatic heterocycles. The van der Waals surface area contributed by atoms with E-state index in [-0.39, 0.29) is 10.8 Å². The number of hydrogen-bond acceptors (Lipinski definition) is 6. The molecule has 0 radical (unpaired) electrons. The molecule has 0 bridgehead atoms. The van der Waals surface area contributed by atoms with Crippen LogP contribution in [0.5, 0.6) is 0 Å². The summed E-state index contributed by atoms with van der Waals surface area (Å²) in [4.78, 5) is 0. The number of ether oxygens (including phenoxy) is 2. The van der Waals surface area contributed by atoms with E-state index in [9.17, 15) is 0 Å². The second-order valence-corrected chi connectivity index (χ2v) is 8.16. The summed E-state index contributed by atoms with van der Waals surface area (Å²) < 4.78 is 22.1. The number of aryl methyl sites for hydroxylation is 2. The lowest BCUT2D eigenvalue weighted by atomic mass is 9.87. The van der Waals surface area contributed by atoms with Crippen LogP contribution in [0.25, 0.3) is 0 Å². The standard InChI is InChI=1S/C20H32N2O4/c1-15-13-17(25-21-15)19(3,4)7-9-23-11-12-24-10-8-20(5,6)18-14-16(2)22-26-18/h13-14H,7-12H2,1-6H3. The molecule has 0 saturated carbocycles.